The molecule has 0 unspecified atom stereocenters. The molecule has 2 heterocycles. The number of benzene rings is 2. The molecule has 0 saturated carbocycles. The van der Waals surface area contributed by atoms with Crippen molar-refractivity contribution in [1.29, 1.82) is 0 Å². The molecule has 0 aliphatic carbocycles. The Bertz CT molecular complexity index is 1370. The molecular weight excluding hydrogens is 514 g/mol. The van der Waals surface area contributed by atoms with Gasteiger partial charge in [0.25, 0.3) is 11.8 Å². The van der Waals surface area contributed by atoms with Gasteiger partial charge in [0, 0.05) is 17.8 Å². The summed E-state index contributed by atoms with van der Waals surface area (Å²) in [6.45, 7) is -0.711. The Morgan fingerprint density at radius 1 is 1.09 bits per heavy atom. The Kier molecular flexibility index (Phi) is 6.94. The number of carbonyl (C=O) groups is 3. The van der Waals surface area contributed by atoms with Crippen molar-refractivity contribution in [3.63, 3.8) is 0 Å². The zero-order valence-electron chi connectivity index (χ0n) is 18.2. The molecule has 0 radical (unpaired) electrons. The Labute approximate surface area is 210 Å². The van der Waals surface area contributed by atoms with Crippen LogP contribution in [0.2, 0.25) is 0 Å². The maximum absolute atomic E-state index is 13.4. The van der Waals surface area contributed by atoms with Crippen LogP contribution in [-0.2, 0) is 24.5 Å². The number of fused-ring (bicyclic) bond motifs is 1. The lowest BCUT2D eigenvalue weighted by molar-refractivity contribution is -0.122. The minimum Gasteiger partial charge on any atom is -0.748 e. The summed E-state index contributed by atoms with van der Waals surface area (Å²) < 4.78 is 38.1. The van der Waals surface area contributed by atoms with Crippen LogP contribution in [-0.4, -0.2) is 65.9 Å². The molecule has 0 bridgehead atoms. The molecule has 13 heteroatoms. The van der Waals surface area contributed by atoms with Gasteiger partial charge in [-0.3, -0.25) is 24.2 Å². The number of nitrogens with zero attached hydrogens (tertiary/aromatic N) is 2. The van der Waals surface area contributed by atoms with Crippen LogP contribution in [0.1, 0.15) is 5.56 Å². The van der Waals surface area contributed by atoms with Crippen LogP contribution in [0.15, 0.2) is 53.4 Å². The van der Waals surface area contributed by atoms with Crippen molar-refractivity contribution in [3.8, 4) is 5.75 Å². The Morgan fingerprint density at radius 2 is 1.77 bits per heavy atom. The lowest BCUT2D eigenvalue weighted by atomic mass is 10.1. The van der Waals surface area contributed by atoms with Crippen molar-refractivity contribution in [2.24, 2.45) is 0 Å². The van der Waals surface area contributed by atoms with E-state index in [0.29, 0.717) is 22.7 Å². The van der Waals surface area contributed by atoms with Crippen LogP contribution >= 0.6 is 24.0 Å². The summed E-state index contributed by atoms with van der Waals surface area (Å²) in [6, 6.07) is 13.4. The van der Waals surface area contributed by atoms with E-state index in [9.17, 15) is 27.4 Å². The summed E-state index contributed by atoms with van der Waals surface area (Å²) in [4.78, 5) is 41.4. The van der Waals surface area contributed by atoms with Gasteiger partial charge < -0.3 is 14.6 Å². The van der Waals surface area contributed by atoms with Gasteiger partial charge in [-0.1, -0.05) is 42.2 Å². The van der Waals surface area contributed by atoms with E-state index in [1.807, 2.05) is 0 Å². The number of hydrogen-bond acceptors (Lipinski definition) is 9. The molecule has 0 spiro atoms. The third-order valence-corrected chi connectivity index (χ3v) is 7.37. The summed E-state index contributed by atoms with van der Waals surface area (Å²) >= 11 is 6.04. The monoisotopic (exact) mass is 532 g/mol. The van der Waals surface area contributed by atoms with Crippen molar-refractivity contribution in [1.82, 2.24) is 4.90 Å². The van der Waals surface area contributed by atoms with Crippen LogP contribution < -0.4 is 15.0 Å². The van der Waals surface area contributed by atoms with Crippen LogP contribution in [0, 0.1) is 0 Å². The van der Waals surface area contributed by atoms with Crippen LogP contribution in [0.5, 0.6) is 5.75 Å². The highest BCUT2D eigenvalue weighted by Crippen LogP contribution is 2.44. The molecule has 10 nitrogen and oxygen atoms in total. The Hall–Kier alpha value is -3.26. The summed E-state index contributed by atoms with van der Waals surface area (Å²) in [5.74, 6) is -1.85. The number of nitrogens with one attached hydrogen (secondary N) is 1. The van der Waals surface area contributed by atoms with Gasteiger partial charge >= 0.3 is 0 Å². The molecule has 0 atom stereocenters. The van der Waals surface area contributed by atoms with E-state index in [0.717, 1.165) is 16.7 Å². The molecule has 2 aromatic rings. The average molecular weight is 533 g/mol. The number of thiocarbonyl (C=S) groups is 1. The second kappa shape index (κ2) is 9.77. The van der Waals surface area contributed by atoms with Crippen molar-refractivity contribution >= 4 is 73.1 Å². The van der Waals surface area contributed by atoms with Gasteiger partial charge in [-0.05, 0) is 30.3 Å². The van der Waals surface area contributed by atoms with Crippen LogP contribution in [0.25, 0.3) is 5.57 Å². The van der Waals surface area contributed by atoms with Crippen molar-refractivity contribution in [2.45, 2.75) is 0 Å². The topological polar surface area (TPSA) is 136 Å². The smallest absolute Gasteiger partial charge is 0.267 e. The van der Waals surface area contributed by atoms with E-state index < -0.39 is 40.1 Å². The van der Waals surface area contributed by atoms with E-state index in [-0.39, 0.29) is 21.3 Å². The largest absolute Gasteiger partial charge is 0.748 e. The average Bonchev–Trinajstić information content (AvgIpc) is 3.24. The molecule has 2 aromatic carbocycles. The maximum Gasteiger partial charge on any atom is 0.267 e. The molecule has 35 heavy (non-hydrogen) atoms. The van der Waals surface area contributed by atoms with Gasteiger partial charge in [0.15, 0.2) is 0 Å². The minimum atomic E-state index is -4.56. The highest BCUT2D eigenvalue weighted by atomic mass is 32.2. The third kappa shape index (κ3) is 5.22. The number of para-hydroxylation sites is 1. The van der Waals surface area contributed by atoms with E-state index in [4.69, 9.17) is 17.0 Å². The first-order valence-corrected chi connectivity index (χ1v) is 13.0. The molecule has 2 aliphatic rings. The molecule has 4 rings (SSSR count). The predicted octanol–water partition coefficient (Wildman–Crippen LogP) is 1.80. The van der Waals surface area contributed by atoms with Crippen LogP contribution in [0.4, 0.5) is 11.4 Å². The van der Waals surface area contributed by atoms with E-state index in [2.05, 4.69) is 5.32 Å². The number of ether oxygens (including phenoxy) is 1. The molecule has 1 N–H and O–H groups in total. The predicted molar refractivity (Wildman–Crippen MR) is 134 cm³/mol. The Balaban J connectivity index is 1.59. The van der Waals surface area contributed by atoms with Crippen LogP contribution in [0.3, 0.4) is 0 Å². The van der Waals surface area contributed by atoms with Gasteiger partial charge in [-0.15, -0.1) is 0 Å². The number of amides is 3. The summed E-state index contributed by atoms with van der Waals surface area (Å²) in [5, 5.41) is 2.72. The number of hydrogen-bond donors (Lipinski definition) is 1. The van der Waals surface area contributed by atoms with Crippen molar-refractivity contribution < 1.29 is 32.1 Å². The van der Waals surface area contributed by atoms with Gasteiger partial charge in [0.2, 0.25) is 5.91 Å². The van der Waals surface area contributed by atoms with Gasteiger partial charge in [-0.25, -0.2) is 8.42 Å². The lowest BCUT2D eigenvalue weighted by Gasteiger charge is -2.17. The minimum absolute atomic E-state index is 0.0220. The quantitative estimate of drug-likeness (QED) is 0.322. The second-order valence-electron chi connectivity index (χ2n) is 7.48. The van der Waals surface area contributed by atoms with E-state index >= 15 is 0 Å². The number of methoxy groups -OCH3 is 1. The number of rotatable bonds is 7. The first kappa shape index (κ1) is 24.9. The fourth-order valence-corrected chi connectivity index (χ4v) is 5.41. The fraction of sp³-hybridized carbons (Fsp3) is 0.182. The zero-order chi connectivity index (χ0) is 25.3. The highest BCUT2D eigenvalue weighted by molar-refractivity contribution is 8.26. The van der Waals surface area contributed by atoms with Gasteiger partial charge in [0.1, 0.15) is 16.6 Å². The summed E-state index contributed by atoms with van der Waals surface area (Å²) in [6.07, 6.45) is 0. The fourth-order valence-electron chi connectivity index (χ4n) is 3.62. The molecule has 182 valence electrons. The number of anilines is 2. The molecule has 0 aromatic heterocycles. The molecule has 1 saturated heterocycles. The normalized spacial score (nSPS) is 17.7. The number of thioether (sulfide) groups is 1. The lowest BCUT2D eigenvalue weighted by Crippen LogP contribution is -2.36. The van der Waals surface area contributed by atoms with E-state index in [1.165, 1.54) is 12.0 Å². The molecular formula is C22H18N3O7S3-. The standard InChI is InChI=1S/C22H19N3O7S3/c1-32-14-8-6-13(7-9-14)23-17(26)12-25-16-5-3-2-4-15(16)18(20(25)27)19-21(28)24(22(33)34-19)10-11-35(29,30)31/h2-9H,10-12H2,1H3,(H,23,26)(H,29,30,31)/p-1/b19-18-. The molecule has 3 amide bonds. The van der Waals surface area contributed by atoms with Gasteiger partial charge in [-0.2, -0.15) is 0 Å². The first-order chi connectivity index (χ1) is 16.6. The summed E-state index contributed by atoms with van der Waals surface area (Å²) in [5.41, 5.74) is 1.49. The van der Waals surface area contributed by atoms with E-state index in [1.54, 1.807) is 48.5 Å². The molecule has 2 aliphatic heterocycles. The SMILES string of the molecule is COc1ccc(NC(=O)CN2C(=O)/C(=C3\SC(=S)N(CCS(=O)(=O)[O-])C3=O)c3ccccc32)cc1. The third-order valence-electron chi connectivity index (χ3n) is 5.24. The number of carbonyl (C=O) groups excluding carboxylic acids is 3. The highest BCUT2D eigenvalue weighted by Gasteiger charge is 2.42. The van der Waals surface area contributed by atoms with Gasteiger partial charge in [0.05, 0.1) is 39.1 Å². The second-order valence-corrected chi connectivity index (χ2v) is 10.6. The zero-order valence-corrected chi connectivity index (χ0v) is 20.7. The molecule has 1 fully saturated rings. The Morgan fingerprint density at radius 3 is 2.43 bits per heavy atom. The summed E-state index contributed by atoms with van der Waals surface area (Å²) in [7, 11) is -3.03. The maximum atomic E-state index is 13.4. The van der Waals surface area contributed by atoms with Crippen molar-refractivity contribution in [2.75, 3.05) is 36.2 Å². The first-order valence-electron chi connectivity index (χ1n) is 10.2. The van der Waals surface area contributed by atoms with Crippen molar-refractivity contribution in [3.05, 3.63) is 59.0 Å².